The van der Waals surface area contributed by atoms with Crippen molar-refractivity contribution in [3.63, 3.8) is 0 Å². The Balaban J connectivity index is 2.87. The maximum absolute atomic E-state index is 11.8. The molecular weight excluding hydrogens is 220 g/mol. The minimum Gasteiger partial charge on any atom is -0.388 e. The van der Waals surface area contributed by atoms with Crippen LogP contribution in [-0.4, -0.2) is 19.6 Å². The van der Waals surface area contributed by atoms with Crippen LogP contribution in [0.1, 0.15) is 13.8 Å². The summed E-state index contributed by atoms with van der Waals surface area (Å²) >= 11 is 5.89. The first-order valence-corrected chi connectivity index (χ1v) is 5.90. The Hall–Kier alpha value is -0.380. The van der Waals surface area contributed by atoms with E-state index in [4.69, 9.17) is 11.6 Å². The Kier molecular flexibility index (Phi) is 3.70. The molecule has 0 aliphatic rings. The van der Waals surface area contributed by atoms with Crippen LogP contribution in [0, 0.1) is 0 Å². The van der Waals surface area contributed by atoms with Crippen LogP contribution < -0.4 is 0 Å². The second-order valence-electron chi connectivity index (χ2n) is 3.58. The van der Waals surface area contributed by atoms with E-state index in [9.17, 15) is 9.32 Å². The lowest BCUT2D eigenvalue weighted by Gasteiger charge is -2.22. The number of alkyl halides is 1. The van der Waals surface area contributed by atoms with Crippen LogP contribution in [0.2, 0.25) is 0 Å². The lowest BCUT2D eigenvalue weighted by molar-refractivity contribution is 0.0957. The predicted octanol–water partition coefficient (Wildman–Crippen LogP) is 2.13. The number of halogens is 1. The first kappa shape index (κ1) is 11.7. The van der Waals surface area contributed by atoms with Crippen LogP contribution in [0.5, 0.6) is 0 Å². The van der Waals surface area contributed by atoms with Crippen LogP contribution in [0.15, 0.2) is 35.2 Å². The van der Waals surface area contributed by atoms with Gasteiger partial charge in [-0.2, -0.15) is 0 Å². The standard InChI is InChI=1S/C10H13ClO2S/c1-10(2,12)9(11)14(13)8-6-4-3-5-7-8/h3-7,9,12H,1-2H3. The molecule has 2 unspecified atom stereocenters. The first-order valence-electron chi connectivity index (χ1n) is 4.25. The van der Waals surface area contributed by atoms with Crippen molar-refractivity contribution >= 4 is 22.4 Å². The van der Waals surface area contributed by atoms with Gasteiger partial charge >= 0.3 is 0 Å². The van der Waals surface area contributed by atoms with Crippen molar-refractivity contribution in [1.29, 1.82) is 0 Å². The van der Waals surface area contributed by atoms with E-state index in [1.165, 1.54) is 0 Å². The van der Waals surface area contributed by atoms with Crippen molar-refractivity contribution in [2.45, 2.75) is 29.1 Å². The SMILES string of the molecule is CC(C)(O)C(Cl)S(=O)c1ccccc1. The van der Waals surface area contributed by atoms with Crippen LogP contribution in [0.3, 0.4) is 0 Å². The van der Waals surface area contributed by atoms with E-state index in [1.54, 1.807) is 38.1 Å². The second kappa shape index (κ2) is 4.43. The van der Waals surface area contributed by atoms with Gasteiger partial charge in [-0.1, -0.05) is 18.2 Å². The zero-order valence-corrected chi connectivity index (χ0v) is 9.68. The third-order valence-electron chi connectivity index (χ3n) is 1.72. The predicted molar refractivity (Wildman–Crippen MR) is 58.8 cm³/mol. The van der Waals surface area contributed by atoms with Crippen LogP contribution in [-0.2, 0) is 10.8 Å². The topological polar surface area (TPSA) is 37.3 Å². The number of benzene rings is 1. The Morgan fingerprint density at radius 2 is 1.86 bits per heavy atom. The van der Waals surface area contributed by atoms with Crippen molar-refractivity contribution in [3.8, 4) is 0 Å². The fourth-order valence-corrected chi connectivity index (χ4v) is 2.43. The molecule has 0 fully saturated rings. The van der Waals surface area contributed by atoms with Gasteiger partial charge in [-0.15, -0.1) is 11.6 Å². The monoisotopic (exact) mass is 232 g/mol. The molecular formula is C10H13ClO2S. The van der Waals surface area contributed by atoms with Crippen molar-refractivity contribution in [3.05, 3.63) is 30.3 Å². The molecule has 0 aliphatic heterocycles. The smallest absolute Gasteiger partial charge is 0.141 e. The molecule has 4 heteroatoms. The van der Waals surface area contributed by atoms with Gasteiger partial charge in [0.1, 0.15) is 4.71 Å². The Morgan fingerprint density at radius 1 is 1.36 bits per heavy atom. The Labute approximate surface area is 91.4 Å². The molecule has 1 N–H and O–H groups in total. The van der Waals surface area contributed by atoms with E-state index in [1.807, 2.05) is 6.07 Å². The van der Waals surface area contributed by atoms with Crippen molar-refractivity contribution < 1.29 is 9.32 Å². The summed E-state index contributed by atoms with van der Waals surface area (Å²) in [7, 11) is -1.38. The summed E-state index contributed by atoms with van der Waals surface area (Å²) in [5, 5.41) is 9.59. The van der Waals surface area contributed by atoms with E-state index >= 15 is 0 Å². The highest BCUT2D eigenvalue weighted by Crippen LogP contribution is 2.23. The normalized spacial score (nSPS) is 16.3. The fraction of sp³-hybridized carbons (Fsp3) is 0.400. The zero-order valence-electron chi connectivity index (χ0n) is 8.11. The molecule has 14 heavy (non-hydrogen) atoms. The molecule has 0 spiro atoms. The molecule has 2 atom stereocenters. The fourth-order valence-electron chi connectivity index (χ4n) is 0.936. The lowest BCUT2D eigenvalue weighted by Crippen LogP contribution is -2.34. The summed E-state index contributed by atoms with van der Waals surface area (Å²) in [5.41, 5.74) is -1.15. The highest BCUT2D eigenvalue weighted by atomic mass is 35.5. The van der Waals surface area contributed by atoms with Crippen LogP contribution >= 0.6 is 11.6 Å². The number of aliphatic hydroxyl groups is 1. The quantitative estimate of drug-likeness (QED) is 0.811. The van der Waals surface area contributed by atoms with E-state index in [-0.39, 0.29) is 0 Å². The molecule has 78 valence electrons. The summed E-state index contributed by atoms with van der Waals surface area (Å²) in [4.78, 5) is 0.634. The molecule has 1 aromatic carbocycles. The maximum Gasteiger partial charge on any atom is 0.141 e. The van der Waals surface area contributed by atoms with Gasteiger partial charge in [-0.05, 0) is 26.0 Å². The lowest BCUT2D eigenvalue weighted by atomic mass is 10.2. The van der Waals surface area contributed by atoms with E-state index in [0.717, 1.165) is 0 Å². The van der Waals surface area contributed by atoms with E-state index < -0.39 is 21.1 Å². The second-order valence-corrected chi connectivity index (χ2v) is 5.81. The number of hydrogen-bond acceptors (Lipinski definition) is 2. The molecule has 0 saturated heterocycles. The van der Waals surface area contributed by atoms with Gasteiger partial charge < -0.3 is 5.11 Å². The minimum atomic E-state index is -1.38. The van der Waals surface area contributed by atoms with Gasteiger partial charge in [0.15, 0.2) is 0 Å². The average Bonchev–Trinajstić information content (AvgIpc) is 2.15. The third kappa shape index (κ3) is 2.80. The zero-order chi connectivity index (χ0) is 10.8. The molecule has 0 aliphatic carbocycles. The number of rotatable bonds is 3. The molecule has 0 amide bonds. The van der Waals surface area contributed by atoms with E-state index in [0.29, 0.717) is 4.90 Å². The molecule has 0 saturated carbocycles. The van der Waals surface area contributed by atoms with Gasteiger partial charge in [0, 0.05) is 4.90 Å². The van der Waals surface area contributed by atoms with Crippen LogP contribution in [0.4, 0.5) is 0 Å². The summed E-state index contributed by atoms with van der Waals surface area (Å²) in [5.74, 6) is 0. The molecule has 0 heterocycles. The highest BCUT2D eigenvalue weighted by molar-refractivity contribution is 7.87. The molecule has 0 aromatic heterocycles. The largest absolute Gasteiger partial charge is 0.388 e. The van der Waals surface area contributed by atoms with Gasteiger partial charge in [0.05, 0.1) is 16.4 Å². The van der Waals surface area contributed by atoms with Gasteiger partial charge in [-0.25, -0.2) is 0 Å². The molecule has 1 aromatic rings. The Bertz CT molecular complexity index is 319. The third-order valence-corrected chi connectivity index (χ3v) is 4.43. The van der Waals surface area contributed by atoms with Crippen molar-refractivity contribution in [2.24, 2.45) is 0 Å². The first-order chi connectivity index (χ1) is 6.43. The summed E-state index contributed by atoms with van der Waals surface area (Å²) in [6.07, 6.45) is 0. The van der Waals surface area contributed by atoms with Gasteiger partial charge in [0.2, 0.25) is 0 Å². The van der Waals surface area contributed by atoms with Crippen LogP contribution in [0.25, 0.3) is 0 Å². The van der Waals surface area contributed by atoms with Crippen molar-refractivity contribution in [1.82, 2.24) is 0 Å². The van der Waals surface area contributed by atoms with E-state index in [2.05, 4.69) is 0 Å². The van der Waals surface area contributed by atoms with Gasteiger partial charge in [0.25, 0.3) is 0 Å². The van der Waals surface area contributed by atoms with Gasteiger partial charge in [-0.3, -0.25) is 4.21 Å². The summed E-state index contributed by atoms with van der Waals surface area (Å²) in [6, 6.07) is 8.89. The molecule has 0 bridgehead atoms. The maximum atomic E-state index is 11.8. The minimum absolute atomic E-state index is 0.634. The molecule has 2 nitrogen and oxygen atoms in total. The summed E-state index contributed by atoms with van der Waals surface area (Å²) < 4.78 is 11.0. The average molecular weight is 233 g/mol. The highest BCUT2D eigenvalue weighted by Gasteiger charge is 2.30. The summed E-state index contributed by atoms with van der Waals surface area (Å²) in [6.45, 7) is 3.09. The molecule has 1 rings (SSSR count). The number of hydrogen-bond donors (Lipinski definition) is 1. The van der Waals surface area contributed by atoms with Crippen molar-refractivity contribution in [2.75, 3.05) is 0 Å². The molecule has 0 radical (unpaired) electrons. The Morgan fingerprint density at radius 3 is 2.29 bits per heavy atom.